The van der Waals surface area contributed by atoms with Crippen LogP contribution in [-0.4, -0.2) is 20.1 Å². The molecule has 1 N–H and O–H groups in total. The van der Waals surface area contributed by atoms with E-state index < -0.39 is 13.0 Å². The number of nitrogens with one attached hydrogen (secondary N) is 1. The van der Waals surface area contributed by atoms with Crippen molar-refractivity contribution in [2.45, 2.75) is 6.43 Å². The molecule has 0 atom stereocenters. The van der Waals surface area contributed by atoms with Gasteiger partial charge in [0.25, 0.3) is 6.43 Å². The third-order valence-corrected chi connectivity index (χ3v) is 2.15. The van der Waals surface area contributed by atoms with Gasteiger partial charge in [0.05, 0.1) is 7.11 Å². The van der Waals surface area contributed by atoms with Crippen molar-refractivity contribution in [2.75, 3.05) is 19.0 Å². The second-order valence-corrected chi connectivity index (χ2v) is 3.49. The van der Waals surface area contributed by atoms with E-state index in [2.05, 4.69) is 5.32 Å². The molecule has 0 aliphatic rings. The molecule has 0 bridgehead atoms. The Morgan fingerprint density at radius 2 is 2.05 bits per heavy atom. The number of nitriles is 2. The van der Waals surface area contributed by atoms with E-state index in [1.807, 2.05) is 0 Å². The van der Waals surface area contributed by atoms with Gasteiger partial charge in [0.2, 0.25) is 0 Å². The molecule has 1 rings (SSSR count). The maximum absolute atomic E-state index is 12.1. The van der Waals surface area contributed by atoms with Gasteiger partial charge >= 0.3 is 0 Å². The van der Waals surface area contributed by atoms with Crippen LogP contribution in [0.4, 0.5) is 14.5 Å². The molecule has 0 fully saturated rings. The van der Waals surface area contributed by atoms with Crippen LogP contribution >= 0.6 is 0 Å². The number of halogens is 2. The Bertz CT molecular complexity index is 558. The summed E-state index contributed by atoms with van der Waals surface area (Å²) in [6.07, 6.45) is -1.39. The minimum absolute atomic E-state index is 0.115. The minimum Gasteiger partial charge on any atom is -0.493 e. The molecule has 7 heteroatoms. The van der Waals surface area contributed by atoms with Crippen LogP contribution in [0, 0.1) is 22.7 Å². The molecule has 104 valence electrons. The van der Waals surface area contributed by atoms with Crippen LogP contribution in [-0.2, 0) is 0 Å². The van der Waals surface area contributed by atoms with Crippen molar-refractivity contribution in [3.05, 3.63) is 30.0 Å². The maximum Gasteiger partial charge on any atom is 0.272 e. The monoisotopic (exact) mass is 279 g/mol. The Hall–Kier alpha value is -2.80. The van der Waals surface area contributed by atoms with Crippen molar-refractivity contribution in [3.8, 4) is 23.6 Å². The van der Waals surface area contributed by atoms with Gasteiger partial charge in [0, 0.05) is 18.0 Å². The number of ether oxygens (including phenoxy) is 2. The summed E-state index contributed by atoms with van der Waals surface area (Å²) in [5.74, 6) is 0.447. The Kier molecular flexibility index (Phi) is 5.79. The van der Waals surface area contributed by atoms with Crippen molar-refractivity contribution in [2.24, 2.45) is 0 Å². The molecule has 0 saturated heterocycles. The number of anilines is 1. The quantitative estimate of drug-likeness (QED) is 0.810. The molecule has 0 heterocycles. The molecule has 0 aliphatic heterocycles. The molecule has 0 unspecified atom stereocenters. The molecule has 1 aromatic rings. The number of nitrogens with zero attached hydrogens (tertiary/aromatic N) is 2. The average molecular weight is 279 g/mol. The topological polar surface area (TPSA) is 78.1 Å². The van der Waals surface area contributed by atoms with E-state index in [1.165, 1.54) is 25.4 Å². The van der Waals surface area contributed by atoms with E-state index in [1.54, 1.807) is 18.2 Å². The van der Waals surface area contributed by atoms with Crippen LogP contribution in [0.3, 0.4) is 0 Å². The molecular formula is C13H11F2N3O2. The molecule has 5 nitrogen and oxygen atoms in total. The van der Waals surface area contributed by atoms with Gasteiger partial charge in [-0.1, -0.05) is 0 Å². The summed E-state index contributed by atoms with van der Waals surface area (Å²) in [7, 11) is 1.39. The summed E-state index contributed by atoms with van der Waals surface area (Å²) in [4.78, 5) is 0. The molecular weight excluding hydrogens is 268 g/mol. The lowest BCUT2D eigenvalue weighted by atomic mass is 10.2. The number of benzene rings is 1. The first-order valence-electron chi connectivity index (χ1n) is 5.46. The second-order valence-electron chi connectivity index (χ2n) is 3.49. The largest absolute Gasteiger partial charge is 0.493 e. The summed E-state index contributed by atoms with van der Waals surface area (Å²) in [5, 5.41) is 19.9. The van der Waals surface area contributed by atoms with Crippen LogP contribution in [0.25, 0.3) is 0 Å². The number of hydrogen-bond acceptors (Lipinski definition) is 5. The fourth-order valence-electron chi connectivity index (χ4n) is 1.28. The van der Waals surface area contributed by atoms with E-state index in [-0.39, 0.29) is 11.3 Å². The van der Waals surface area contributed by atoms with E-state index in [0.29, 0.717) is 11.4 Å². The number of rotatable bonds is 6. The zero-order chi connectivity index (χ0) is 15.0. The normalized spacial score (nSPS) is 9.30. The Morgan fingerprint density at radius 1 is 1.35 bits per heavy atom. The first-order valence-corrected chi connectivity index (χ1v) is 5.46. The Balaban J connectivity index is 2.90. The standard InChI is InChI=1S/C13H11F2N3O2/c1-19-11-3-2-10(18-7-9(5-16)6-17)4-12(11)20-8-13(14)15/h2-4,7,13,18H,8H2,1H3. The van der Waals surface area contributed by atoms with E-state index >= 15 is 0 Å². The third-order valence-electron chi connectivity index (χ3n) is 2.15. The summed E-state index contributed by atoms with van der Waals surface area (Å²) in [6, 6.07) is 7.92. The van der Waals surface area contributed by atoms with Gasteiger partial charge in [0.15, 0.2) is 11.5 Å². The van der Waals surface area contributed by atoms with Crippen molar-refractivity contribution in [1.29, 1.82) is 10.5 Å². The molecule has 0 aromatic heterocycles. The van der Waals surface area contributed by atoms with Gasteiger partial charge < -0.3 is 14.8 Å². The third kappa shape index (κ3) is 4.46. The Morgan fingerprint density at radius 3 is 2.60 bits per heavy atom. The van der Waals surface area contributed by atoms with Crippen LogP contribution in [0.15, 0.2) is 30.0 Å². The van der Waals surface area contributed by atoms with Crippen LogP contribution in [0.1, 0.15) is 0 Å². The zero-order valence-corrected chi connectivity index (χ0v) is 10.6. The number of alkyl halides is 2. The first kappa shape index (κ1) is 15.3. The highest BCUT2D eigenvalue weighted by Gasteiger charge is 2.09. The highest BCUT2D eigenvalue weighted by molar-refractivity contribution is 5.57. The van der Waals surface area contributed by atoms with Gasteiger partial charge in [-0.2, -0.15) is 10.5 Å². The summed E-state index contributed by atoms with van der Waals surface area (Å²) in [5.41, 5.74) is 0.355. The summed E-state index contributed by atoms with van der Waals surface area (Å²) < 4.78 is 34.2. The predicted octanol–water partition coefficient (Wildman–Crippen LogP) is 2.68. The van der Waals surface area contributed by atoms with Crippen molar-refractivity contribution >= 4 is 5.69 Å². The number of hydrogen-bond donors (Lipinski definition) is 1. The van der Waals surface area contributed by atoms with Crippen LogP contribution in [0.2, 0.25) is 0 Å². The SMILES string of the molecule is COc1ccc(NC=C(C#N)C#N)cc1OCC(F)F. The number of methoxy groups -OCH3 is 1. The summed E-state index contributed by atoms with van der Waals surface area (Å²) in [6.45, 7) is -0.753. The van der Waals surface area contributed by atoms with Crippen molar-refractivity contribution in [3.63, 3.8) is 0 Å². The van der Waals surface area contributed by atoms with Gasteiger partial charge in [-0.05, 0) is 12.1 Å². The Labute approximate surface area is 114 Å². The maximum atomic E-state index is 12.1. The van der Waals surface area contributed by atoms with Crippen molar-refractivity contribution < 1.29 is 18.3 Å². The van der Waals surface area contributed by atoms with E-state index in [4.69, 9.17) is 20.0 Å². The second kappa shape index (κ2) is 7.59. The molecule has 0 aliphatic carbocycles. The molecule has 0 saturated carbocycles. The smallest absolute Gasteiger partial charge is 0.272 e. The fourth-order valence-corrected chi connectivity index (χ4v) is 1.28. The molecule has 0 spiro atoms. The molecule has 20 heavy (non-hydrogen) atoms. The predicted molar refractivity (Wildman–Crippen MR) is 67.4 cm³/mol. The fraction of sp³-hybridized carbons (Fsp3) is 0.231. The van der Waals surface area contributed by atoms with E-state index in [0.717, 1.165) is 0 Å². The zero-order valence-electron chi connectivity index (χ0n) is 10.6. The van der Waals surface area contributed by atoms with Crippen molar-refractivity contribution in [1.82, 2.24) is 0 Å². The highest BCUT2D eigenvalue weighted by atomic mass is 19.3. The average Bonchev–Trinajstić information content (AvgIpc) is 2.46. The lowest BCUT2D eigenvalue weighted by Gasteiger charge is -2.12. The molecule has 0 amide bonds. The van der Waals surface area contributed by atoms with Gasteiger partial charge in [0.1, 0.15) is 24.3 Å². The first-order chi connectivity index (χ1) is 9.60. The number of allylic oxidation sites excluding steroid dienone is 1. The van der Waals surface area contributed by atoms with Gasteiger partial charge in [-0.3, -0.25) is 0 Å². The highest BCUT2D eigenvalue weighted by Crippen LogP contribution is 2.30. The lowest BCUT2D eigenvalue weighted by molar-refractivity contribution is 0.0805. The molecule has 1 aromatic carbocycles. The van der Waals surface area contributed by atoms with E-state index in [9.17, 15) is 8.78 Å². The minimum atomic E-state index is -2.60. The van der Waals surface area contributed by atoms with Gasteiger partial charge in [-0.15, -0.1) is 0 Å². The van der Waals surface area contributed by atoms with Crippen LogP contribution in [0.5, 0.6) is 11.5 Å². The summed E-state index contributed by atoms with van der Waals surface area (Å²) >= 11 is 0. The lowest BCUT2D eigenvalue weighted by Crippen LogP contribution is -2.08. The molecule has 0 radical (unpaired) electrons. The van der Waals surface area contributed by atoms with Crippen LogP contribution < -0.4 is 14.8 Å². The van der Waals surface area contributed by atoms with Gasteiger partial charge in [-0.25, -0.2) is 8.78 Å².